The minimum absolute atomic E-state index is 0.104. The van der Waals surface area contributed by atoms with Gasteiger partial charge in [0.25, 0.3) is 11.6 Å². The van der Waals surface area contributed by atoms with Crippen molar-refractivity contribution < 1.29 is 9.72 Å². The fraction of sp³-hybridized carbons (Fsp3) is 0.0952. The molecule has 3 rings (SSSR count). The Balaban J connectivity index is 1.97. The van der Waals surface area contributed by atoms with Gasteiger partial charge in [0.05, 0.1) is 16.5 Å². The molecule has 136 valence electrons. The Morgan fingerprint density at radius 2 is 1.63 bits per heavy atom. The van der Waals surface area contributed by atoms with Crippen LogP contribution in [0.25, 0.3) is 0 Å². The Kier molecular flexibility index (Phi) is 5.85. The van der Waals surface area contributed by atoms with Crippen LogP contribution in [0, 0.1) is 20.6 Å². The third-order valence-corrected chi connectivity index (χ3v) is 5.17. The largest absolute Gasteiger partial charge is 0.341 e. The van der Waals surface area contributed by atoms with Crippen molar-refractivity contribution in [2.45, 2.75) is 13.0 Å². The quantitative estimate of drug-likeness (QED) is 0.322. The number of benzene rings is 3. The molecule has 27 heavy (non-hydrogen) atoms. The highest BCUT2D eigenvalue weighted by Gasteiger charge is 2.21. The first-order valence-corrected chi connectivity index (χ1v) is 9.40. The molecule has 0 heterocycles. The predicted octanol–water partition coefficient (Wildman–Crippen LogP) is 5.03. The summed E-state index contributed by atoms with van der Waals surface area (Å²) in [7, 11) is 0. The number of halogens is 1. The van der Waals surface area contributed by atoms with E-state index in [4.69, 9.17) is 0 Å². The van der Waals surface area contributed by atoms with Crippen molar-refractivity contribution in [1.82, 2.24) is 5.32 Å². The summed E-state index contributed by atoms with van der Waals surface area (Å²) < 4.78 is 0.659. The molecular weight excluding hydrogens is 455 g/mol. The van der Waals surface area contributed by atoms with E-state index in [1.165, 1.54) is 12.1 Å². The summed E-state index contributed by atoms with van der Waals surface area (Å²) in [4.78, 5) is 23.5. The van der Waals surface area contributed by atoms with Gasteiger partial charge in [-0.15, -0.1) is 0 Å². The summed E-state index contributed by atoms with van der Waals surface area (Å²) in [6.45, 7) is 2.01. The van der Waals surface area contributed by atoms with E-state index in [1.54, 1.807) is 6.07 Å². The highest BCUT2D eigenvalue weighted by Crippen LogP contribution is 2.25. The first-order chi connectivity index (χ1) is 13.0. The van der Waals surface area contributed by atoms with E-state index in [2.05, 4.69) is 5.32 Å². The number of nitrogens with one attached hydrogen (secondary N) is 1. The van der Waals surface area contributed by atoms with Gasteiger partial charge < -0.3 is 5.32 Å². The van der Waals surface area contributed by atoms with E-state index in [0.717, 1.165) is 16.7 Å². The number of nitrogens with zero attached hydrogens (tertiary/aromatic N) is 1. The molecule has 0 aromatic heterocycles. The van der Waals surface area contributed by atoms with Gasteiger partial charge in [-0.3, -0.25) is 14.9 Å². The maximum atomic E-state index is 12.9. The lowest BCUT2D eigenvalue weighted by molar-refractivity contribution is -0.384. The number of nitro groups is 1. The summed E-state index contributed by atoms with van der Waals surface area (Å²) in [6, 6.07) is 21.5. The standard InChI is InChI=1S/C21H17IN2O3/c1-14-7-9-16(10-8-14)20(15-5-3-2-4-6-15)23-21(25)18-13-17(24(26)27)11-12-19(18)22/h2-13,20H,1H3,(H,23,25). The van der Waals surface area contributed by atoms with Gasteiger partial charge in [-0.25, -0.2) is 0 Å². The molecule has 0 spiro atoms. The molecule has 0 radical (unpaired) electrons. The maximum absolute atomic E-state index is 12.9. The lowest BCUT2D eigenvalue weighted by Gasteiger charge is -2.20. The first-order valence-electron chi connectivity index (χ1n) is 8.32. The second-order valence-corrected chi connectivity index (χ2v) is 7.31. The molecule has 3 aromatic rings. The van der Waals surface area contributed by atoms with Crippen LogP contribution in [0.3, 0.4) is 0 Å². The highest BCUT2D eigenvalue weighted by molar-refractivity contribution is 14.1. The highest BCUT2D eigenvalue weighted by atomic mass is 127. The minimum atomic E-state index is -0.499. The Morgan fingerprint density at radius 1 is 1.00 bits per heavy atom. The Morgan fingerprint density at radius 3 is 2.26 bits per heavy atom. The minimum Gasteiger partial charge on any atom is -0.341 e. The fourth-order valence-corrected chi connectivity index (χ4v) is 3.35. The number of non-ortho nitro benzene ring substituents is 1. The lowest BCUT2D eigenvalue weighted by atomic mass is 9.97. The zero-order valence-electron chi connectivity index (χ0n) is 14.6. The van der Waals surface area contributed by atoms with Gasteiger partial charge in [0.2, 0.25) is 0 Å². The van der Waals surface area contributed by atoms with Gasteiger partial charge in [-0.05, 0) is 46.7 Å². The normalized spacial score (nSPS) is 11.6. The van der Waals surface area contributed by atoms with Crippen LogP contribution >= 0.6 is 22.6 Å². The molecule has 0 fully saturated rings. The van der Waals surface area contributed by atoms with Crippen LogP contribution in [-0.2, 0) is 0 Å². The van der Waals surface area contributed by atoms with Gasteiger partial charge in [0, 0.05) is 15.7 Å². The summed E-state index contributed by atoms with van der Waals surface area (Å²) in [6.07, 6.45) is 0. The summed E-state index contributed by atoms with van der Waals surface area (Å²) in [5.41, 5.74) is 3.20. The number of hydrogen-bond acceptors (Lipinski definition) is 3. The molecule has 0 bridgehead atoms. The van der Waals surface area contributed by atoms with Crippen LogP contribution in [0.2, 0.25) is 0 Å². The van der Waals surface area contributed by atoms with Crippen molar-refractivity contribution in [3.63, 3.8) is 0 Å². The van der Waals surface area contributed by atoms with Gasteiger partial charge in [0.15, 0.2) is 0 Å². The molecule has 0 saturated carbocycles. The van der Waals surface area contributed by atoms with Crippen LogP contribution in [0.1, 0.15) is 33.1 Å². The van der Waals surface area contributed by atoms with Crippen molar-refractivity contribution in [3.05, 3.63) is 109 Å². The second-order valence-electron chi connectivity index (χ2n) is 6.15. The Hall–Kier alpha value is -2.74. The summed E-state index contributed by atoms with van der Waals surface area (Å²) in [5.74, 6) is -0.350. The Labute approximate surface area is 170 Å². The summed E-state index contributed by atoms with van der Waals surface area (Å²) >= 11 is 2.01. The molecule has 1 N–H and O–H groups in total. The predicted molar refractivity (Wildman–Crippen MR) is 113 cm³/mol. The average molecular weight is 472 g/mol. The molecule has 0 saturated heterocycles. The van der Waals surface area contributed by atoms with Gasteiger partial charge in [-0.2, -0.15) is 0 Å². The van der Waals surface area contributed by atoms with Gasteiger partial charge in [0.1, 0.15) is 0 Å². The monoisotopic (exact) mass is 472 g/mol. The van der Waals surface area contributed by atoms with Crippen LogP contribution in [0.5, 0.6) is 0 Å². The average Bonchev–Trinajstić information content (AvgIpc) is 2.67. The lowest BCUT2D eigenvalue weighted by Crippen LogP contribution is -2.30. The molecule has 0 aliphatic carbocycles. The zero-order chi connectivity index (χ0) is 19.4. The van der Waals surface area contributed by atoms with Crippen LogP contribution in [-0.4, -0.2) is 10.8 Å². The van der Waals surface area contributed by atoms with E-state index in [1.807, 2.05) is 84.1 Å². The topological polar surface area (TPSA) is 72.2 Å². The molecule has 0 aliphatic rings. The van der Waals surface area contributed by atoms with Gasteiger partial charge >= 0.3 is 0 Å². The molecule has 1 amide bonds. The van der Waals surface area contributed by atoms with Crippen molar-refractivity contribution in [2.24, 2.45) is 0 Å². The van der Waals surface area contributed by atoms with Crippen molar-refractivity contribution in [3.8, 4) is 0 Å². The van der Waals surface area contributed by atoms with Gasteiger partial charge in [-0.1, -0.05) is 60.2 Å². The van der Waals surface area contributed by atoms with E-state index < -0.39 is 4.92 Å². The number of carbonyl (C=O) groups excluding carboxylic acids is 1. The second kappa shape index (κ2) is 8.30. The van der Waals surface area contributed by atoms with Crippen LogP contribution in [0.15, 0.2) is 72.8 Å². The SMILES string of the molecule is Cc1ccc(C(NC(=O)c2cc([N+](=O)[O-])ccc2I)c2ccccc2)cc1. The van der Waals surface area contributed by atoms with E-state index in [0.29, 0.717) is 3.57 Å². The molecule has 5 nitrogen and oxygen atoms in total. The third kappa shape index (κ3) is 4.51. The molecule has 1 atom stereocenters. The molecule has 6 heteroatoms. The van der Waals surface area contributed by atoms with Crippen molar-refractivity contribution >= 4 is 34.2 Å². The maximum Gasteiger partial charge on any atom is 0.270 e. The van der Waals surface area contributed by atoms with Crippen LogP contribution < -0.4 is 5.32 Å². The van der Waals surface area contributed by atoms with Crippen LogP contribution in [0.4, 0.5) is 5.69 Å². The van der Waals surface area contributed by atoms with Crippen molar-refractivity contribution in [2.75, 3.05) is 0 Å². The molecule has 3 aromatic carbocycles. The number of hydrogen-bond donors (Lipinski definition) is 1. The number of amides is 1. The zero-order valence-corrected chi connectivity index (χ0v) is 16.7. The van der Waals surface area contributed by atoms with E-state index in [9.17, 15) is 14.9 Å². The Bertz CT molecular complexity index is 972. The summed E-state index contributed by atoms with van der Waals surface area (Å²) in [5, 5.41) is 14.1. The first kappa shape index (κ1) is 19.0. The van der Waals surface area contributed by atoms with E-state index in [-0.39, 0.29) is 23.2 Å². The smallest absolute Gasteiger partial charge is 0.270 e. The molecule has 1 unspecified atom stereocenters. The third-order valence-electron chi connectivity index (χ3n) is 4.22. The number of rotatable bonds is 5. The van der Waals surface area contributed by atoms with Crippen molar-refractivity contribution in [1.29, 1.82) is 0 Å². The number of carbonyl (C=O) groups is 1. The van der Waals surface area contributed by atoms with E-state index >= 15 is 0 Å². The number of aryl methyl sites for hydroxylation is 1. The number of nitro benzene ring substituents is 1. The molecular formula is C21H17IN2O3. The molecule has 0 aliphatic heterocycles. The fourth-order valence-electron chi connectivity index (χ4n) is 2.77.